The van der Waals surface area contributed by atoms with Crippen LogP contribution in [0.25, 0.3) is 16.7 Å². The average molecular weight is 275 g/mol. The van der Waals surface area contributed by atoms with Gasteiger partial charge in [0.25, 0.3) is 5.69 Å². The van der Waals surface area contributed by atoms with Crippen molar-refractivity contribution in [3.05, 3.63) is 64.5 Å². The average Bonchev–Trinajstić information content (AvgIpc) is 2.82. The first-order valence-corrected chi connectivity index (χ1v) is 5.64. The molecule has 0 atom stereocenters. The molecule has 0 unspecified atom stereocenters. The summed E-state index contributed by atoms with van der Waals surface area (Å²) in [4.78, 5) is 13.8. The third kappa shape index (κ3) is 1.80. The van der Waals surface area contributed by atoms with Gasteiger partial charge in [0.15, 0.2) is 11.6 Å². The number of hydrogen-bond acceptors (Lipinski definition) is 3. The van der Waals surface area contributed by atoms with Gasteiger partial charge in [-0.05, 0) is 12.1 Å². The fourth-order valence-electron chi connectivity index (χ4n) is 2.03. The van der Waals surface area contributed by atoms with E-state index in [0.717, 1.165) is 0 Å². The summed E-state index contributed by atoms with van der Waals surface area (Å²) in [6.07, 6.45) is 1.28. The van der Waals surface area contributed by atoms with Crippen LogP contribution < -0.4 is 0 Å². The normalized spacial score (nSPS) is 10.9. The maximum atomic E-state index is 14.0. The predicted octanol–water partition coefficient (Wildman–Crippen LogP) is 3.21. The lowest BCUT2D eigenvalue weighted by molar-refractivity contribution is -0.385. The Labute approximate surface area is 111 Å². The van der Waals surface area contributed by atoms with Gasteiger partial charge < -0.3 is 0 Å². The Morgan fingerprint density at radius 2 is 1.80 bits per heavy atom. The van der Waals surface area contributed by atoms with Crippen LogP contribution in [0.5, 0.6) is 0 Å². The standard InChI is InChI=1S/C13H7F2N3O2/c14-9-5-8(18(19)20)6-10(15)13(9)17-7-16-11-3-1-2-4-12(11)17/h1-7H. The van der Waals surface area contributed by atoms with Crippen LogP contribution in [-0.4, -0.2) is 14.5 Å². The summed E-state index contributed by atoms with van der Waals surface area (Å²) in [5.41, 5.74) is 0.0706. The van der Waals surface area contributed by atoms with Gasteiger partial charge in [-0.3, -0.25) is 14.7 Å². The van der Waals surface area contributed by atoms with Gasteiger partial charge in [-0.25, -0.2) is 13.8 Å². The fraction of sp³-hybridized carbons (Fsp3) is 0. The molecule has 0 spiro atoms. The monoisotopic (exact) mass is 275 g/mol. The largest absolute Gasteiger partial charge is 0.293 e. The molecule has 0 aliphatic carbocycles. The summed E-state index contributed by atoms with van der Waals surface area (Å²) < 4.78 is 29.2. The van der Waals surface area contributed by atoms with Gasteiger partial charge in [-0.2, -0.15) is 0 Å². The third-order valence-electron chi connectivity index (χ3n) is 2.91. The Hall–Kier alpha value is -2.83. The third-order valence-corrected chi connectivity index (χ3v) is 2.91. The molecule has 3 rings (SSSR count). The topological polar surface area (TPSA) is 61.0 Å². The molecular weight excluding hydrogens is 268 g/mol. The van der Waals surface area contributed by atoms with Crippen LogP contribution >= 0.6 is 0 Å². The van der Waals surface area contributed by atoms with Crippen LogP contribution in [0.2, 0.25) is 0 Å². The lowest BCUT2D eigenvalue weighted by Crippen LogP contribution is -2.02. The van der Waals surface area contributed by atoms with Crippen LogP contribution in [0, 0.1) is 21.7 Å². The van der Waals surface area contributed by atoms with Crippen molar-refractivity contribution in [2.75, 3.05) is 0 Å². The Bertz CT molecular complexity index is 806. The number of benzene rings is 2. The molecule has 0 aliphatic heterocycles. The van der Waals surface area contributed by atoms with Crippen molar-refractivity contribution in [2.45, 2.75) is 0 Å². The highest BCUT2D eigenvalue weighted by Gasteiger charge is 2.19. The van der Waals surface area contributed by atoms with Crippen LogP contribution in [-0.2, 0) is 0 Å². The zero-order chi connectivity index (χ0) is 14.3. The second kappa shape index (κ2) is 4.37. The van der Waals surface area contributed by atoms with Crippen molar-refractivity contribution in [1.29, 1.82) is 0 Å². The zero-order valence-electron chi connectivity index (χ0n) is 9.96. The zero-order valence-corrected chi connectivity index (χ0v) is 9.96. The van der Waals surface area contributed by atoms with Crippen LogP contribution in [0.1, 0.15) is 0 Å². The van der Waals surface area contributed by atoms with Gasteiger partial charge in [0, 0.05) is 0 Å². The van der Waals surface area contributed by atoms with Gasteiger partial charge in [-0.1, -0.05) is 12.1 Å². The quantitative estimate of drug-likeness (QED) is 0.533. The van der Waals surface area contributed by atoms with Crippen LogP contribution in [0.3, 0.4) is 0 Å². The van der Waals surface area contributed by atoms with Crippen molar-refractivity contribution >= 4 is 16.7 Å². The molecule has 100 valence electrons. The van der Waals surface area contributed by atoms with E-state index in [9.17, 15) is 18.9 Å². The summed E-state index contributed by atoms with van der Waals surface area (Å²) in [6.45, 7) is 0. The summed E-state index contributed by atoms with van der Waals surface area (Å²) >= 11 is 0. The summed E-state index contributed by atoms with van der Waals surface area (Å²) in [5.74, 6) is -2.03. The van der Waals surface area contributed by atoms with Crippen molar-refractivity contribution in [3.8, 4) is 5.69 Å². The lowest BCUT2D eigenvalue weighted by atomic mass is 10.2. The number of rotatable bonds is 2. The van der Waals surface area contributed by atoms with Gasteiger partial charge in [0.2, 0.25) is 0 Å². The molecule has 0 fully saturated rings. The van der Waals surface area contributed by atoms with E-state index in [4.69, 9.17) is 0 Å². The summed E-state index contributed by atoms with van der Waals surface area (Å²) in [5, 5.41) is 10.6. The molecule has 0 saturated carbocycles. The van der Waals surface area contributed by atoms with Crippen molar-refractivity contribution < 1.29 is 13.7 Å². The number of nitro groups is 1. The first-order chi connectivity index (χ1) is 9.58. The first-order valence-electron chi connectivity index (χ1n) is 5.64. The maximum Gasteiger partial charge on any atom is 0.275 e. The van der Waals surface area contributed by atoms with Crippen LogP contribution in [0.15, 0.2) is 42.7 Å². The number of aromatic nitrogens is 2. The van der Waals surface area contributed by atoms with E-state index in [0.29, 0.717) is 23.2 Å². The van der Waals surface area contributed by atoms with Gasteiger partial charge in [0.1, 0.15) is 12.0 Å². The highest BCUT2D eigenvalue weighted by atomic mass is 19.1. The first kappa shape index (κ1) is 12.2. The lowest BCUT2D eigenvalue weighted by Gasteiger charge is -2.07. The Balaban J connectivity index is 2.27. The van der Waals surface area contributed by atoms with Gasteiger partial charge in [-0.15, -0.1) is 0 Å². The number of para-hydroxylation sites is 2. The second-order valence-electron chi connectivity index (χ2n) is 4.12. The molecular formula is C13H7F2N3O2. The highest BCUT2D eigenvalue weighted by Crippen LogP contribution is 2.26. The molecule has 1 aromatic heterocycles. The molecule has 0 aliphatic rings. The molecule has 0 N–H and O–H groups in total. The molecule has 0 bridgehead atoms. The SMILES string of the molecule is O=[N+]([O-])c1cc(F)c(-n2cnc3ccccc32)c(F)c1. The molecule has 20 heavy (non-hydrogen) atoms. The molecule has 7 heteroatoms. The van der Waals surface area contributed by atoms with Crippen LogP contribution in [0.4, 0.5) is 14.5 Å². The summed E-state index contributed by atoms with van der Waals surface area (Å²) in [6, 6.07) is 8.19. The predicted molar refractivity (Wildman–Crippen MR) is 67.6 cm³/mol. The smallest absolute Gasteiger partial charge is 0.275 e. The van der Waals surface area contributed by atoms with E-state index < -0.39 is 22.2 Å². The van der Waals surface area contributed by atoms with Gasteiger partial charge in [0.05, 0.1) is 28.1 Å². The Kier molecular flexibility index (Phi) is 2.67. The van der Waals surface area contributed by atoms with E-state index in [-0.39, 0.29) is 5.69 Å². The Morgan fingerprint density at radius 1 is 1.15 bits per heavy atom. The Morgan fingerprint density at radius 3 is 2.45 bits per heavy atom. The van der Waals surface area contributed by atoms with Crippen molar-refractivity contribution in [3.63, 3.8) is 0 Å². The van der Waals surface area contributed by atoms with E-state index >= 15 is 0 Å². The number of fused-ring (bicyclic) bond motifs is 1. The van der Waals surface area contributed by atoms with Crippen molar-refractivity contribution in [1.82, 2.24) is 9.55 Å². The van der Waals surface area contributed by atoms with E-state index in [1.807, 2.05) is 0 Å². The minimum absolute atomic E-state index is 0.385. The number of nitro benzene ring substituents is 1. The molecule has 0 amide bonds. The second-order valence-corrected chi connectivity index (χ2v) is 4.12. The number of non-ortho nitro benzene ring substituents is 1. The number of hydrogen-bond donors (Lipinski definition) is 0. The summed E-state index contributed by atoms with van der Waals surface area (Å²) in [7, 11) is 0. The number of nitrogens with zero attached hydrogens (tertiary/aromatic N) is 3. The minimum atomic E-state index is -1.01. The van der Waals surface area contributed by atoms with E-state index in [1.54, 1.807) is 24.3 Å². The number of imidazole rings is 1. The molecule has 3 aromatic rings. The fourth-order valence-corrected chi connectivity index (χ4v) is 2.03. The molecule has 1 heterocycles. The van der Waals surface area contributed by atoms with Gasteiger partial charge >= 0.3 is 0 Å². The molecule has 0 radical (unpaired) electrons. The highest BCUT2D eigenvalue weighted by molar-refractivity contribution is 5.77. The maximum absolute atomic E-state index is 14.0. The van der Waals surface area contributed by atoms with E-state index in [2.05, 4.69) is 4.98 Å². The minimum Gasteiger partial charge on any atom is -0.293 e. The molecule has 0 saturated heterocycles. The van der Waals surface area contributed by atoms with E-state index in [1.165, 1.54) is 10.9 Å². The van der Waals surface area contributed by atoms with Crippen molar-refractivity contribution in [2.24, 2.45) is 0 Å². The number of halogens is 2. The molecule has 2 aromatic carbocycles. The molecule has 5 nitrogen and oxygen atoms in total.